The Hall–Kier alpha value is -2.01. The Labute approximate surface area is 172 Å². The van der Waals surface area contributed by atoms with Gasteiger partial charge in [-0.3, -0.25) is 4.79 Å². The minimum atomic E-state index is -1.45. The first kappa shape index (κ1) is 21.2. The van der Waals surface area contributed by atoms with E-state index in [1.54, 1.807) is 12.1 Å². The monoisotopic (exact) mass is 422 g/mol. The molecular weight excluding hydrogens is 396 g/mol. The van der Waals surface area contributed by atoms with Gasteiger partial charge in [0.1, 0.15) is 36.3 Å². The second-order valence-corrected chi connectivity index (χ2v) is 8.17. The summed E-state index contributed by atoms with van der Waals surface area (Å²) in [6.07, 6.45) is -6.31. The molecule has 0 amide bonds. The number of benzene rings is 1. The summed E-state index contributed by atoms with van der Waals surface area (Å²) in [5.41, 5.74) is 0.950. The molecule has 0 bridgehead atoms. The number of phenolic OH excluding ortho intramolecular Hbond substituents is 1. The van der Waals surface area contributed by atoms with Crippen LogP contribution in [0.25, 0.3) is 5.57 Å². The van der Waals surface area contributed by atoms with Crippen molar-refractivity contribution >= 4 is 11.4 Å². The summed E-state index contributed by atoms with van der Waals surface area (Å²) in [4.78, 5) is 13.2. The number of aliphatic hydroxyl groups is 5. The van der Waals surface area contributed by atoms with E-state index in [-0.39, 0.29) is 18.0 Å². The second kappa shape index (κ2) is 8.26. The van der Waals surface area contributed by atoms with E-state index in [0.717, 1.165) is 0 Å². The first-order valence-corrected chi connectivity index (χ1v) is 10.0. The third kappa shape index (κ3) is 3.51. The Morgan fingerprint density at radius 1 is 1.03 bits per heavy atom. The topological polar surface area (TPSA) is 157 Å². The number of carbonyl (C=O) groups excluding carboxylic acids is 1. The molecular formula is C21H26O9. The van der Waals surface area contributed by atoms with Crippen molar-refractivity contribution < 1.29 is 44.9 Å². The fourth-order valence-corrected chi connectivity index (χ4v) is 4.79. The number of ether oxygens (including phenoxy) is 2. The number of hydrogen-bond donors (Lipinski definition) is 6. The molecule has 2 heterocycles. The van der Waals surface area contributed by atoms with Gasteiger partial charge in [0.05, 0.1) is 42.5 Å². The van der Waals surface area contributed by atoms with Crippen LogP contribution in [-0.2, 0) is 14.3 Å². The molecule has 9 atom stereocenters. The third-order valence-corrected chi connectivity index (χ3v) is 6.40. The van der Waals surface area contributed by atoms with Crippen molar-refractivity contribution in [2.75, 3.05) is 6.61 Å². The van der Waals surface area contributed by atoms with Crippen LogP contribution in [0.3, 0.4) is 0 Å². The van der Waals surface area contributed by atoms with Gasteiger partial charge in [-0.1, -0.05) is 12.1 Å². The van der Waals surface area contributed by atoms with Crippen LogP contribution in [0, 0.1) is 11.8 Å². The van der Waals surface area contributed by atoms with Crippen molar-refractivity contribution in [1.82, 2.24) is 0 Å². The zero-order valence-corrected chi connectivity index (χ0v) is 16.1. The van der Waals surface area contributed by atoms with Crippen LogP contribution >= 0.6 is 0 Å². The van der Waals surface area contributed by atoms with Gasteiger partial charge >= 0.3 is 0 Å². The van der Waals surface area contributed by atoms with E-state index in [4.69, 9.17) is 14.6 Å². The molecule has 1 aliphatic carbocycles. The van der Waals surface area contributed by atoms with Crippen molar-refractivity contribution in [3.8, 4) is 5.75 Å². The molecule has 1 aromatic rings. The minimum absolute atomic E-state index is 0.0767. The molecule has 1 aromatic carbocycles. The SMILES string of the molecule is O=C1C(c2ccc(O)cc2)=COC2C1CCC(O)C2[C@@H]1O[C@H]([C@H](O)CO)[C@H](O)[C@H]1O. The number of rotatable bonds is 4. The highest BCUT2D eigenvalue weighted by Crippen LogP contribution is 2.44. The van der Waals surface area contributed by atoms with E-state index < -0.39 is 61.2 Å². The van der Waals surface area contributed by atoms with Gasteiger partial charge in [0.2, 0.25) is 0 Å². The summed E-state index contributed by atoms with van der Waals surface area (Å²) in [7, 11) is 0. The lowest BCUT2D eigenvalue weighted by Crippen LogP contribution is -2.55. The van der Waals surface area contributed by atoms with Crippen molar-refractivity contribution in [1.29, 1.82) is 0 Å². The van der Waals surface area contributed by atoms with E-state index in [0.29, 0.717) is 17.6 Å². The zero-order chi connectivity index (χ0) is 21.6. The van der Waals surface area contributed by atoms with Crippen LogP contribution in [0.1, 0.15) is 18.4 Å². The maximum atomic E-state index is 13.2. The number of Topliss-reactive ketones (excluding diaryl/α,β-unsaturated/α-hetero) is 1. The summed E-state index contributed by atoms with van der Waals surface area (Å²) < 4.78 is 11.5. The van der Waals surface area contributed by atoms with Gasteiger partial charge in [-0.2, -0.15) is 0 Å². The predicted molar refractivity (Wildman–Crippen MR) is 102 cm³/mol. The maximum absolute atomic E-state index is 13.2. The van der Waals surface area contributed by atoms with Crippen LogP contribution in [0.4, 0.5) is 0 Å². The van der Waals surface area contributed by atoms with Crippen LogP contribution in [0.15, 0.2) is 30.5 Å². The summed E-state index contributed by atoms with van der Waals surface area (Å²) in [6, 6.07) is 6.16. The molecule has 0 aromatic heterocycles. The van der Waals surface area contributed by atoms with Gasteiger partial charge < -0.3 is 40.1 Å². The van der Waals surface area contributed by atoms with Crippen molar-refractivity contribution in [3.63, 3.8) is 0 Å². The number of allylic oxidation sites excluding steroid dienone is 1. The average molecular weight is 422 g/mol. The molecule has 6 N–H and O–H groups in total. The number of carbonyl (C=O) groups is 1. The Morgan fingerprint density at radius 3 is 2.40 bits per heavy atom. The predicted octanol–water partition coefficient (Wildman–Crippen LogP) is -1.07. The maximum Gasteiger partial charge on any atom is 0.173 e. The number of hydrogen-bond acceptors (Lipinski definition) is 9. The normalized spacial score (nSPS) is 39.8. The largest absolute Gasteiger partial charge is 0.508 e. The van der Waals surface area contributed by atoms with Gasteiger partial charge in [-0.15, -0.1) is 0 Å². The number of fused-ring (bicyclic) bond motifs is 1. The number of ketones is 1. The molecule has 4 rings (SSSR count). The van der Waals surface area contributed by atoms with Crippen LogP contribution in [0.2, 0.25) is 0 Å². The standard InChI is InChI=1S/C21H26O9/c22-7-14(25)20-17(27)18(28)21(30-20)15-13(24)6-5-11-16(26)12(8-29-19(11)15)9-1-3-10(23)4-2-9/h1-4,8,11,13-15,17-25,27-28H,5-7H2/t11?,13?,14-,15?,17-,18-,19?,20-,21+/m1/s1. The summed E-state index contributed by atoms with van der Waals surface area (Å²) >= 11 is 0. The lowest BCUT2D eigenvalue weighted by molar-refractivity contribution is -0.161. The summed E-state index contributed by atoms with van der Waals surface area (Å²) in [5.74, 6) is -1.49. The molecule has 164 valence electrons. The molecule has 30 heavy (non-hydrogen) atoms. The number of aliphatic hydroxyl groups excluding tert-OH is 5. The van der Waals surface area contributed by atoms with Gasteiger partial charge in [0, 0.05) is 0 Å². The number of phenols is 1. The lowest BCUT2D eigenvalue weighted by Gasteiger charge is -2.44. The summed E-state index contributed by atoms with van der Waals surface area (Å²) in [5, 5.41) is 59.8. The van der Waals surface area contributed by atoms with Gasteiger partial charge in [-0.05, 0) is 30.5 Å². The zero-order valence-electron chi connectivity index (χ0n) is 16.1. The molecule has 9 heteroatoms. The van der Waals surface area contributed by atoms with E-state index in [1.807, 2.05) is 0 Å². The van der Waals surface area contributed by atoms with E-state index in [1.165, 1.54) is 18.4 Å². The smallest absolute Gasteiger partial charge is 0.173 e. The first-order chi connectivity index (χ1) is 14.3. The summed E-state index contributed by atoms with van der Waals surface area (Å²) in [6.45, 7) is -0.659. The Morgan fingerprint density at radius 2 is 1.73 bits per heavy atom. The van der Waals surface area contributed by atoms with E-state index in [9.17, 15) is 30.3 Å². The second-order valence-electron chi connectivity index (χ2n) is 8.17. The third-order valence-electron chi connectivity index (χ3n) is 6.40. The fourth-order valence-electron chi connectivity index (χ4n) is 4.79. The number of aromatic hydroxyl groups is 1. The highest BCUT2D eigenvalue weighted by atomic mass is 16.6. The first-order valence-electron chi connectivity index (χ1n) is 10.0. The van der Waals surface area contributed by atoms with Gasteiger partial charge in [0.25, 0.3) is 0 Å². The molecule has 9 nitrogen and oxygen atoms in total. The van der Waals surface area contributed by atoms with Crippen LogP contribution < -0.4 is 0 Å². The fraction of sp³-hybridized carbons (Fsp3) is 0.571. The minimum Gasteiger partial charge on any atom is -0.508 e. The van der Waals surface area contributed by atoms with Crippen LogP contribution in [0.5, 0.6) is 5.75 Å². The molecule has 1 saturated heterocycles. The molecule has 2 fully saturated rings. The molecule has 1 saturated carbocycles. The van der Waals surface area contributed by atoms with Crippen molar-refractivity contribution in [2.24, 2.45) is 11.8 Å². The van der Waals surface area contributed by atoms with Crippen molar-refractivity contribution in [2.45, 2.75) is 55.6 Å². The quantitative estimate of drug-likeness (QED) is 0.355. The lowest BCUT2D eigenvalue weighted by atomic mass is 9.69. The van der Waals surface area contributed by atoms with Crippen LogP contribution in [-0.4, -0.2) is 85.8 Å². The molecule has 2 aliphatic heterocycles. The molecule has 3 aliphatic rings. The Kier molecular flexibility index (Phi) is 5.84. The highest BCUT2D eigenvalue weighted by Gasteiger charge is 2.56. The van der Waals surface area contributed by atoms with Gasteiger partial charge in [-0.25, -0.2) is 0 Å². The molecule has 4 unspecified atom stereocenters. The Balaban J connectivity index is 1.60. The van der Waals surface area contributed by atoms with E-state index in [2.05, 4.69) is 0 Å². The highest BCUT2D eigenvalue weighted by molar-refractivity contribution is 6.22. The van der Waals surface area contributed by atoms with Crippen molar-refractivity contribution in [3.05, 3.63) is 36.1 Å². The average Bonchev–Trinajstić information content (AvgIpc) is 3.03. The molecule has 0 radical (unpaired) electrons. The Bertz CT molecular complexity index is 807. The molecule has 0 spiro atoms. The van der Waals surface area contributed by atoms with Gasteiger partial charge in [0.15, 0.2) is 5.78 Å². The van der Waals surface area contributed by atoms with E-state index >= 15 is 0 Å².